The number of nitrogens with two attached hydrogens (primary N) is 1. The summed E-state index contributed by atoms with van der Waals surface area (Å²) >= 11 is 7.71. The van der Waals surface area contributed by atoms with E-state index >= 15 is 0 Å². The van der Waals surface area contributed by atoms with Crippen molar-refractivity contribution in [3.63, 3.8) is 0 Å². The van der Waals surface area contributed by atoms with Crippen molar-refractivity contribution in [1.29, 1.82) is 5.41 Å². The van der Waals surface area contributed by atoms with Crippen LogP contribution in [0.15, 0.2) is 23.1 Å². The summed E-state index contributed by atoms with van der Waals surface area (Å²) in [5.74, 6) is 1.08. The third-order valence-corrected chi connectivity index (χ3v) is 3.46. The lowest BCUT2D eigenvalue weighted by Gasteiger charge is -2.09. The van der Waals surface area contributed by atoms with E-state index in [1.165, 1.54) is 6.42 Å². The van der Waals surface area contributed by atoms with E-state index in [0.717, 1.165) is 17.1 Å². The molecule has 2 nitrogen and oxygen atoms in total. The Morgan fingerprint density at radius 3 is 2.87 bits per heavy atom. The van der Waals surface area contributed by atoms with Crippen LogP contribution >= 0.6 is 23.4 Å². The molecule has 0 saturated heterocycles. The molecule has 0 aliphatic rings. The lowest BCUT2D eigenvalue weighted by Crippen LogP contribution is -2.13. The Bertz CT molecular complexity index is 352. The second-order valence-corrected chi connectivity index (χ2v) is 4.77. The predicted molar refractivity (Wildman–Crippen MR) is 68.1 cm³/mol. The molecular formula is C11H15ClN2S. The van der Waals surface area contributed by atoms with E-state index in [4.69, 9.17) is 22.7 Å². The fraction of sp³-hybridized carbons (Fsp3) is 0.364. The van der Waals surface area contributed by atoms with Gasteiger partial charge in [0.15, 0.2) is 0 Å². The summed E-state index contributed by atoms with van der Waals surface area (Å²) in [5.41, 5.74) is 6.17. The highest BCUT2D eigenvalue weighted by Gasteiger charge is 2.09. The van der Waals surface area contributed by atoms with Crippen LogP contribution in [0.1, 0.15) is 25.3 Å². The van der Waals surface area contributed by atoms with Gasteiger partial charge in [0.1, 0.15) is 5.84 Å². The van der Waals surface area contributed by atoms with Crippen LogP contribution in [-0.4, -0.2) is 11.6 Å². The number of hydrogen-bond donors (Lipinski definition) is 2. The average Bonchev–Trinajstić information content (AvgIpc) is 2.17. The van der Waals surface area contributed by atoms with Crippen molar-refractivity contribution < 1.29 is 0 Å². The molecule has 0 heterocycles. The van der Waals surface area contributed by atoms with E-state index in [9.17, 15) is 0 Å². The molecule has 0 atom stereocenters. The molecule has 0 fully saturated rings. The molecule has 82 valence electrons. The van der Waals surface area contributed by atoms with E-state index < -0.39 is 0 Å². The van der Waals surface area contributed by atoms with Gasteiger partial charge >= 0.3 is 0 Å². The Morgan fingerprint density at radius 2 is 2.27 bits per heavy atom. The molecule has 0 bridgehead atoms. The van der Waals surface area contributed by atoms with Crippen LogP contribution in [-0.2, 0) is 0 Å². The number of benzene rings is 1. The number of unbranched alkanes of at least 4 members (excludes halogenated alkanes) is 1. The molecule has 0 aliphatic heterocycles. The first-order chi connectivity index (χ1) is 7.16. The summed E-state index contributed by atoms with van der Waals surface area (Å²) < 4.78 is 0. The zero-order valence-corrected chi connectivity index (χ0v) is 10.3. The predicted octanol–water partition coefficient (Wildman–Crippen LogP) is 3.52. The SMILES string of the molecule is CCCCSc1cccc(Cl)c1C(=N)N. The van der Waals surface area contributed by atoms with E-state index in [0.29, 0.717) is 10.6 Å². The van der Waals surface area contributed by atoms with Crippen molar-refractivity contribution in [1.82, 2.24) is 0 Å². The molecule has 0 spiro atoms. The summed E-state index contributed by atoms with van der Waals surface area (Å²) in [6, 6.07) is 5.62. The molecule has 0 unspecified atom stereocenters. The molecule has 0 aliphatic carbocycles. The minimum atomic E-state index is 0.0413. The molecule has 4 heteroatoms. The molecule has 15 heavy (non-hydrogen) atoms. The maximum atomic E-state index is 7.48. The van der Waals surface area contributed by atoms with Crippen LogP contribution in [0.3, 0.4) is 0 Å². The van der Waals surface area contributed by atoms with Gasteiger partial charge in [0.2, 0.25) is 0 Å². The van der Waals surface area contributed by atoms with Crippen molar-refractivity contribution in [2.24, 2.45) is 5.73 Å². The zero-order valence-electron chi connectivity index (χ0n) is 8.72. The second-order valence-electron chi connectivity index (χ2n) is 3.23. The van der Waals surface area contributed by atoms with Gasteiger partial charge in [-0.05, 0) is 24.3 Å². The van der Waals surface area contributed by atoms with Gasteiger partial charge in [0.05, 0.1) is 5.02 Å². The minimum Gasteiger partial charge on any atom is -0.384 e. The standard InChI is InChI=1S/C11H15ClN2S/c1-2-3-7-15-9-6-4-5-8(12)10(9)11(13)14/h4-6H,2-3,7H2,1H3,(H3,13,14). The second kappa shape index (κ2) is 6.03. The first-order valence-electron chi connectivity index (χ1n) is 4.92. The van der Waals surface area contributed by atoms with Crippen molar-refractivity contribution in [2.45, 2.75) is 24.7 Å². The summed E-state index contributed by atoms with van der Waals surface area (Å²) in [6.07, 6.45) is 2.33. The van der Waals surface area contributed by atoms with E-state index in [-0.39, 0.29) is 5.84 Å². The van der Waals surface area contributed by atoms with Crippen LogP contribution in [0.2, 0.25) is 5.02 Å². The van der Waals surface area contributed by atoms with Gasteiger partial charge in [-0.1, -0.05) is 31.0 Å². The molecule has 0 saturated carbocycles. The van der Waals surface area contributed by atoms with Gasteiger partial charge in [-0.2, -0.15) is 0 Å². The minimum absolute atomic E-state index is 0.0413. The topological polar surface area (TPSA) is 49.9 Å². The number of nitrogens with one attached hydrogen (secondary N) is 1. The molecule has 1 aromatic carbocycles. The maximum absolute atomic E-state index is 7.48. The third-order valence-electron chi connectivity index (χ3n) is 2.00. The fourth-order valence-electron chi connectivity index (χ4n) is 1.21. The maximum Gasteiger partial charge on any atom is 0.125 e. The van der Waals surface area contributed by atoms with Crippen LogP contribution < -0.4 is 5.73 Å². The van der Waals surface area contributed by atoms with Gasteiger partial charge < -0.3 is 5.73 Å². The number of hydrogen-bond acceptors (Lipinski definition) is 2. The first kappa shape index (κ1) is 12.4. The number of halogens is 1. The number of thioether (sulfide) groups is 1. The van der Waals surface area contributed by atoms with Crippen molar-refractivity contribution in [3.05, 3.63) is 28.8 Å². The van der Waals surface area contributed by atoms with Crippen molar-refractivity contribution in [2.75, 3.05) is 5.75 Å². The number of rotatable bonds is 5. The summed E-state index contributed by atoms with van der Waals surface area (Å²) in [5, 5.41) is 8.04. The van der Waals surface area contributed by atoms with Gasteiger partial charge in [-0.25, -0.2) is 0 Å². The van der Waals surface area contributed by atoms with Gasteiger partial charge in [0.25, 0.3) is 0 Å². The van der Waals surface area contributed by atoms with Crippen molar-refractivity contribution in [3.8, 4) is 0 Å². The van der Waals surface area contributed by atoms with Gasteiger partial charge in [0, 0.05) is 10.5 Å². The Morgan fingerprint density at radius 1 is 1.53 bits per heavy atom. The van der Waals surface area contributed by atoms with E-state index in [1.807, 2.05) is 12.1 Å². The van der Waals surface area contributed by atoms with Crippen LogP contribution in [0.5, 0.6) is 0 Å². The van der Waals surface area contributed by atoms with Crippen LogP contribution in [0.4, 0.5) is 0 Å². The average molecular weight is 243 g/mol. The number of nitrogen functional groups attached to an aromatic ring is 1. The zero-order chi connectivity index (χ0) is 11.3. The highest BCUT2D eigenvalue weighted by molar-refractivity contribution is 7.99. The Labute approximate surface area is 99.7 Å². The molecule has 1 rings (SSSR count). The summed E-state index contributed by atoms with van der Waals surface area (Å²) in [6.45, 7) is 2.16. The Hall–Kier alpha value is -0.670. The third kappa shape index (κ3) is 3.43. The Balaban J connectivity index is 2.86. The van der Waals surface area contributed by atoms with Crippen molar-refractivity contribution >= 4 is 29.2 Å². The fourth-order valence-corrected chi connectivity index (χ4v) is 2.74. The molecule has 3 N–H and O–H groups in total. The van der Waals surface area contributed by atoms with Gasteiger partial charge in [-0.15, -0.1) is 11.8 Å². The molecular weight excluding hydrogens is 228 g/mol. The Kier molecular flexibility index (Phi) is 4.99. The van der Waals surface area contributed by atoms with Crippen LogP contribution in [0, 0.1) is 5.41 Å². The number of amidine groups is 1. The first-order valence-corrected chi connectivity index (χ1v) is 6.29. The quantitative estimate of drug-likeness (QED) is 0.359. The lowest BCUT2D eigenvalue weighted by molar-refractivity contribution is 0.896. The molecule has 0 radical (unpaired) electrons. The summed E-state index contributed by atoms with van der Waals surface area (Å²) in [7, 11) is 0. The molecule has 0 aromatic heterocycles. The monoisotopic (exact) mass is 242 g/mol. The van der Waals surface area contributed by atoms with E-state index in [2.05, 4.69) is 6.92 Å². The smallest absolute Gasteiger partial charge is 0.125 e. The molecule has 0 amide bonds. The summed E-state index contributed by atoms with van der Waals surface area (Å²) in [4.78, 5) is 1.00. The molecule has 1 aromatic rings. The van der Waals surface area contributed by atoms with E-state index in [1.54, 1.807) is 17.8 Å². The van der Waals surface area contributed by atoms with Crippen LogP contribution in [0.25, 0.3) is 0 Å². The highest BCUT2D eigenvalue weighted by Crippen LogP contribution is 2.28. The largest absolute Gasteiger partial charge is 0.384 e. The van der Waals surface area contributed by atoms with Gasteiger partial charge in [-0.3, -0.25) is 5.41 Å². The lowest BCUT2D eigenvalue weighted by atomic mass is 10.2. The normalized spacial score (nSPS) is 10.3. The highest BCUT2D eigenvalue weighted by atomic mass is 35.5.